The molecule has 0 fully saturated rings. The third-order valence-electron chi connectivity index (χ3n) is 10.6. The van der Waals surface area contributed by atoms with Gasteiger partial charge in [0.1, 0.15) is 12.6 Å². The topological polar surface area (TPSA) is 102 Å². The smallest absolute Gasteiger partial charge is 0.306 e. The van der Waals surface area contributed by atoms with Gasteiger partial charge in [0.15, 0.2) is 6.10 Å². The van der Waals surface area contributed by atoms with Gasteiger partial charge in [0.25, 0.3) is 0 Å². The Morgan fingerprint density at radius 2 is 0.929 bits per heavy atom. The predicted octanol–water partition coefficient (Wildman–Crippen LogP) is 11.5. The fourth-order valence-electron chi connectivity index (χ4n) is 6.94. The summed E-state index contributed by atoms with van der Waals surface area (Å²) in [5.74, 6) is -1.74. The summed E-state index contributed by atoms with van der Waals surface area (Å²) in [7, 11) is 5.41. The molecule has 0 saturated heterocycles. The Kier molecular flexibility index (Phi) is 38.1. The fourth-order valence-corrected chi connectivity index (χ4v) is 6.94. The van der Waals surface area contributed by atoms with Crippen LogP contribution in [0.5, 0.6) is 0 Å². The van der Waals surface area contributed by atoms with Gasteiger partial charge in [-0.2, -0.15) is 0 Å². The highest BCUT2D eigenvalue weighted by atomic mass is 16.6. The molecule has 0 rings (SSSR count). The van der Waals surface area contributed by atoms with E-state index in [1.807, 2.05) is 0 Å². The van der Waals surface area contributed by atoms with Gasteiger partial charge in [0.2, 0.25) is 0 Å². The number of hydrogen-bond donors (Lipinski definition) is 0. The van der Waals surface area contributed by atoms with Crippen molar-refractivity contribution in [3.63, 3.8) is 0 Å². The van der Waals surface area contributed by atoms with E-state index in [4.69, 9.17) is 14.2 Å². The third-order valence-corrected chi connectivity index (χ3v) is 10.6. The van der Waals surface area contributed by atoms with Crippen molar-refractivity contribution in [3.8, 4) is 0 Å². The van der Waals surface area contributed by atoms with E-state index in [0.29, 0.717) is 12.8 Å². The maximum atomic E-state index is 12.7. The van der Waals surface area contributed by atoms with Crippen molar-refractivity contribution in [3.05, 3.63) is 24.3 Å². The molecule has 0 N–H and O–H groups in total. The summed E-state index contributed by atoms with van der Waals surface area (Å²) in [4.78, 5) is 36.9. The molecule has 0 amide bonds. The molecule has 0 aromatic heterocycles. The molecule has 2 unspecified atom stereocenters. The molecule has 0 spiro atoms. The summed E-state index contributed by atoms with van der Waals surface area (Å²) < 4.78 is 17.2. The number of hydrogen-bond acceptors (Lipinski definition) is 7. The summed E-state index contributed by atoms with van der Waals surface area (Å²) >= 11 is 0. The average Bonchev–Trinajstić information content (AvgIpc) is 3.15. The van der Waals surface area contributed by atoms with Crippen LogP contribution >= 0.6 is 0 Å². The van der Waals surface area contributed by atoms with Crippen molar-refractivity contribution in [2.45, 2.75) is 225 Å². The number of unbranched alkanes of at least 4 members (excludes halogenated alkanes) is 25. The van der Waals surface area contributed by atoms with Crippen LogP contribution in [0.1, 0.15) is 213 Å². The first-order chi connectivity index (χ1) is 27.1. The van der Waals surface area contributed by atoms with Crippen LogP contribution in [0.3, 0.4) is 0 Å². The molecule has 0 aliphatic heterocycles. The molecule has 8 nitrogen and oxygen atoms in total. The number of carbonyl (C=O) groups excluding carboxylic acids is 3. The van der Waals surface area contributed by atoms with Crippen LogP contribution in [-0.2, 0) is 28.6 Å². The van der Waals surface area contributed by atoms with Crippen molar-refractivity contribution in [1.29, 1.82) is 0 Å². The first-order valence-electron chi connectivity index (χ1n) is 23.4. The zero-order valence-corrected chi connectivity index (χ0v) is 37.3. The van der Waals surface area contributed by atoms with Gasteiger partial charge in [-0.25, -0.2) is 0 Å². The largest absolute Gasteiger partial charge is 0.544 e. The predicted molar refractivity (Wildman–Crippen MR) is 231 cm³/mol. The molecular weight excluding hydrogens is 703 g/mol. The maximum absolute atomic E-state index is 12.7. The third kappa shape index (κ3) is 37.4. The Morgan fingerprint density at radius 1 is 0.536 bits per heavy atom. The van der Waals surface area contributed by atoms with E-state index in [9.17, 15) is 19.5 Å². The van der Waals surface area contributed by atoms with Gasteiger partial charge in [-0.15, -0.1) is 0 Å². The van der Waals surface area contributed by atoms with Gasteiger partial charge >= 0.3 is 11.9 Å². The molecule has 328 valence electrons. The number of rotatable bonds is 42. The second-order valence-electron chi connectivity index (χ2n) is 17.0. The number of allylic oxidation sites excluding steroid dienone is 4. The van der Waals surface area contributed by atoms with E-state index in [1.165, 1.54) is 122 Å². The molecule has 0 aliphatic carbocycles. The van der Waals surface area contributed by atoms with Crippen molar-refractivity contribution in [2.75, 3.05) is 41.0 Å². The highest BCUT2D eigenvalue weighted by molar-refractivity contribution is 5.70. The second kappa shape index (κ2) is 39.6. The molecule has 0 aromatic carbocycles. The highest BCUT2D eigenvalue weighted by Gasteiger charge is 2.25. The number of esters is 2. The monoisotopic (exact) mass is 792 g/mol. The number of likely N-dealkylation sites (N-methyl/N-ethyl adjacent to an activating group) is 1. The number of aliphatic carboxylic acids is 1. The lowest BCUT2D eigenvalue weighted by molar-refractivity contribution is -0.889. The number of ether oxygens (including phenoxy) is 3. The summed E-state index contributed by atoms with van der Waals surface area (Å²) in [6.45, 7) is 4.66. The normalized spacial score (nSPS) is 13.1. The maximum Gasteiger partial charge on any atom is 0.306 e. The number of quaternary nitrogens is 1. The lowest BCUT2D eigenvalue weighted by atomic mass is 10.0. The Hall–Kier alpha value is -2.19. The molecule has 8 heteroatoms. The molecule has 0 bridgehead atoms. The fraction of sp³-hybridized carbons (Fsp3) is 0.854. The van der Waals surface area contributed by atoms with E-state index in [1.54, 1.807) is 21.1 Å². The first kappa shape index (κ1) is 53.8. The van der Waals surface area contributed by atoms with Crippen LogP contribution in [0.4, 0.5) is 0 Å². The van der Waals surface area contributed by atoms with Crippen molar-refractivity contribution < 1.29 is 38.2 Å². The number of carboxylic acids is 1. The number of carboxylic acid groups (broad SMARTS) is 1. The van der Waals surface area contributed by atoms with Crippen LogP contribution < -0.4 is 5.11 Å². The van der Waals surface area contributed by atoms with Crippen molar-refractivity contribution >= 4 is 17.9 Å². The molecule has 0 saturated carbocycles. The second-order valence-corrected chi connectivity index (χ2v) is 17.0. The minimum Gasteiger partial charge on any atom is -0.544 e. The number of nitrogens with zero attached hydrogens (tertiary/aromatic N) is 1. The Balaban J connectivity index is 4.33. The van der Waals surface area contributed by atoms with E-state index >= 15 is 0 Å². The molecule has 56 heavy (non-hydrogen) atoms. The van der Waals surface area contributed by atoms with E-state index in [-0.39, 0.29) is 42.7 Å². The molecule has 0 heterocycles. The summed E-state index contributed by atoms with van der Waals surface area (Å²) in [6, 6.07) is -0.726. The molecule has 0 aliphatic rings. The van der Waals surface area contributed by atoms with Crippen molar-refractivity contribution in [1.82, 2.24) is 0 Å². The summed E-state index contributed by atoms with van der Waals surface area (Å²) in [6.07, 6.45) is 43.4. The zero-order valence-electron chi connectivity index (χ0n) is 37.3. The van der Waals surface area contributed by atoms with Crippen LogP contribution in [0.15, 0.2) is 24.3 Å². The van der Waals surface area contributed by atoms with E-state index in [0.717, 1.165) is 57.8 Å². The van der Waals surface area contributed by atoms with Crippen LogP contribution in [-0.4, -0.2) is 75.5 Å². The van der Waals surface area contributed by atoms with Gasteiger partial charge in [0.05, 0.1) is 40.3 Å². The molecule has 0 radical (unpaired) electrons. The van der Waals surface area contributed by atoms with Gasteiger partial charge in [-0.05, 0) is 38.5 Å². The number of carbonyl (C=O) groups is 3. The summed E-state index contributed by atoms with van der Waals surface area (Å²) in [5, 5.41) is 11.6. The SMILES string of the molecule is CCCCCCCCC/C=C/C=C/CCCCCCCC(=O)OC(COCCC(C(=O)[O-])[N+](C)(C)C)COC(=O)CCCCCCCCCCCCCCCC. The summed E-state index contributed by atoms with van der Waals surface area (Å²) in [5.41, 5.74) is 0. The average molecular weight is 792 g/mol. The van der Waals surface area contributed by atoms with Crippen LogP contribution in [0.2, 0.25) is 0 Å². The Labute approximate surface area is 345 Å². The molecule has 0 aromatic rings. The van der Waals surface area contributed by atoms with Crippen LogP contribution in [0, 0.1) is 0 Å². The van der Waals surface area contributed by atoms with Gasteiger partial charge in [-0.3, -0.25) is 9.59 Å². The van der Waals surface area contributed by atoms with Gasteiger partial charge < -0.3 is 28.6 Å². The van der Waals surface area contributed by atoms with Gasteiger partial charge in [0, 0.05) is 19.3 Å². The standard InChI is InChI=1S/C48H89NO7/c1-6-8-10-12-14-16-18-20-22-23-24-25-27-29-31-33-35-37-39-47(51)56-44(42-54-41-40-45(48(52)53)49(3,4)5)43-55-46(50)38-36-34-32-30-28-26-21-19-17-15-13-11-9-7-2/h22-25,44-45H,6-21,26-43H2,1-5H3/b23-22+,25-24+. The first-order valence-corrected chi connectivity index (χ1v) is 23.4. The highest BCUT2D eigenvalue weighted by Crippen LogP contribution is 2.15. The zero-order chi connectivity index (χ0) is 41.4. The van der Waals surface area contributed by atoms with E-state index in [2.05, 4.69) is 38.2 Å². The lowest BCUT2D eigenvalue weighted by Gasteiger charge is -2.34. The van der Waals surface area contributed by atoms with Gasteiger partial charge in [-0.1, -0.05) is 179 Å². The van der Waals surface area contributed by atoms with Crippen LogP contribution in [0.25, 0.3) is 0 Å². The Morgan fingerprint density at radius 3 is 1.34 bits per heavy atom. The minimum absolute atomic E-state index is 0.0383. The minimum atomic E-state index is -1.13. The molecular formula is C48H89NO7. The molecule has 2 atom stereocenters. The van der Waals surface area contributed by atoms with E-state index < -0.39 is 18.1 Å². The quantitative estimate of drug-likeness (QED) is 0.0262. The van der Waals surface area contributed by atoms with Crippen molar-refractivity contribution in [2.24, 2.45) is 0 Å². The lowest BCUT2D eigenvalue weighted by Crippen LogP contribution is -2.55. The Bertz CT molecular complexity index is 973.